The van der Waals surface area contributed by atoms with Crippen molar-refractivity contribution in [2.75, 3.05) is 26.7 Å². The van der Waals surface area contributed by atoms with Crippen LogP contribution in [-0.2, 0) is 5.60 Å². The molecule has 31 heavy (non-hydrogen) atoms. The van der Waals surface area contributed by atoms with Crippen molar-refractivity contribution in [2.45, 2.75) is 76.4 Å². The number of piperidine rings is 1. The summed E-state index contributed by atoms with van der Waals surface area (Å²) >= 11 is 6.20. The molecule has 1 aromatic carbocycles. The van der Waals surface area contributed by atoms with Crippen molar-refractivity contribution in [1.29, 1.82) is 0 Å². The summed E-state index contributed by atoms with van der Waals surface area (Å²) in [5, 5.41) is 18.8. The average Bonchev–Trinajstić information content (AvgIpc) is 2.79. The number of carbonyl (C=O) groups excluding carboxylic acids is 1. The largest absolute Gasteiger partial charge is 0.385 e. The summed E-state index contributed by atoms with van der Waals surface area (Å²) in [4.78, 5) is 15.1. The number of nitrogens with one attached hydrogen (secondary N) is 2. The third-order valence-corrected chi connectivity index (χ3v) is 7.60. The van der Waals surface area contributed by atoms with Crippen molar-refractivity contribution in [3.05, 3.63) is 34.9 Å². The van der Waals surface area contributed by atoms with E-state index in [-0.39, 0.29) is 18.0 Å². The lowest BCUT2D eigenvalue weighted by atomic mass is 9.75. The number of urea groups is 1. The minimum absolute atomic E-state index is 0.00318. The fourth-order valence-corrected chi connectivity index (χ4v) is 5.76. The van der Waals surface area contributed by atoms with E-state index in [1.54, 1.807) is 0 Å². The third-order valence-electron chi connectivity index (χ3n) is 7.37. The highest BCUT2D eigenvalue weighted by Gasteiger charge is 2.40. The summed E-state index contributed by atoms with van der Waals surface area (Å²) in [6.07, 6.45) is 10.00. The van der Waals surface area contributed by atoms with E-state index in [1.807, 2.05) is 43.1 Å². The van der Waals surface area contributed by atoms with Gasteiger partial charge >= 0.3 is 6.03 Å². The topological polar surface area (TPSA) is 64.6 Å². The zero-order valence-electron chi connectivity index (χ0n) is 19.2. The molecule has 1 heterocycles. The van der Waals surface area contributed by atoms with Gasteiger partial charge in [0.15, 0.2) is 0 Å². The Labute approximate surface area is 192 Å². The molecule has 1 saturated carbocycles. The molecular formula is C25H40ClN3O2. The number of likely N-dealkylation sites (tertiary alicyclic amines) is 1. The first-order valence-electron chi connectivity index (χ1n) is 12.1. The summed E-state index contributed by atoms with van der Waals surface area (Å²) in [6, 6.07) is 7.68. The summed E-state index contributed by atoms with van der Waals surface area (Å²) in [7, 11) is 1.95. The van der Waals surface area contributed by atoms with Crippen LogP contribution in [0.15, 0.2) is 24.3 Å². The van der Waals surface area contributed by atoms with E-state index in [4.69, 9.17) is 11.6 Å². The van der Waals surface area contributed by atoms with Crippen LogP contribution in [0.1, 0.15) is 70.3 Å². The first kappa shape index (κ1) is 24.3. The molecule has 0 bridgehead atoms. The SMILES string of the molecule is CC[C@@](O)(c1cccc(Cl)c1)[C@@H]1CCCN(C(=O)N[C@H](CNC)CC2CCCCC2)C1. The van der Waals surface area contributed by atoms with E-state index in [2.05, 4.69) is 10.6 Å². The highest BCUT2D eigenvalue weighted by Crippen LogP contribution is 2.39. The van der Waals surface area contributed by atoms with Crippen molar-refractivity contribution >= 4 is 17.6 Å². The Morgan fingerprint density at radius 1 is 1.26 bits per heavy atom. The van der Waals surface area contributed by atoms with Gasteiger partial charge in [0, 0.05) is 36.6 Å². The molecule has 0 spiro atoms. The molecule has 1 saturated heterocycles. The first-order chi connectivity index (χ1) is 15.0. The van der Waals surface area contributed by atoms with Crippen LogP contribution in [0.4, 0.5) is 4.79 Å². The Kier molecular flexibility index (Phi) is 9.06. The maximum absolute atomic E-state index is 13.2. The lowest BCUT2D eigenvalue weighted by molar-refractivity contribution is -0.0504. The quantitative estimate of drug-likeness (QED) is 0.527. The van der Waals surface area contributed by atoms with Gasteiger partial charge in [-0.2, -0.15) is 0 Å². The normalized spacial score (nSPS) is 23.2. The number of halogens is 1. The Balaban J connectivity index is 1.64. The van der Waals surface area contributed by atoms with Crippen molar-refractivity contribution < 1.29 is 9.90 Å². The predicted octanol–water partition coefficient (Wildman–Crippen LogP) is 4.92. The molecule has 1 aromatic rings. The molecule has 5 nitrogen and oxygen atoms in total. The van der Waals surface area contributed by atoms with Gasteiger partial charge in [-0.25, -0.2) is 4.79 Å². The molecule has 0 unspecified atom stereocenters. The second kappa shape index (κ2) is 11.5. The molecule has 3 atom stereocenters. The Hall–Kier alpha value is -1.30. The van der Waals surface area contributed by atoms with Crippen LogP contribution in [-0.4, -0.2) is 48.8 Å². The highest BCUT2D eigenvalue weighted by molar-refractivity contribution is 6.30. The van der Waals surface area contributed by atoms with E-state index in [9.17, 15) is 9.90 Å². The molecule has 0 aromatic heterocycles. The number of carbonyl (C=O) groups is 1. The van der Waals surface area contributed by atoms with Crippen LogP contribution in [0.25, 0.3) is 0 Å². The van der Waals surface area contributed by atoms with Gasteiger partial charge < -0.3 is 20.6 Å². The summed E-state index contributed by atoms with van der Waals surface area (Å²) in [5.41, 5.74) is -0.129. The van der Waals surface area contributed by atoms with Gasteiger partial charge in [-0.1, -0.05) is 62.8 Å². The smallest absolute Gasteiger partial charge is 0.317 e. The lowest BCUT2D eigenvalue weighted by Crippen LogP contribution is -2.53. The summed E-state index contributed by atoms with van der Waals surface area (Å²) in [6.45, 7) is 4.11. The zero-order chi connectivity index (χ0) is 22.3. The van der Waals surface area contributed by atoms with Gasteiger partial charge in [-0.05, 0) is 56.3 Å². The fraction of sp³-hybridized carbons (Fsp3) is 0.720. The third kappa shape index (κ3) is 6.36. The fourth-order valence-electron chi connectivity index (χ4n) is 5.57. The number of amides is 2. The van der Waals surface area contributed by atoms with Gasteiger partial charge in [-0.3, -0.25) is 0 Å². The number of rotatable bonds is 8. The second-order valence-corrected chi connectivity index (χ2v) is 9.95. The van der Waals surface area contributed by atoms with E-state index >= 15 is 0 Å². The van der Waals surface area contributed by atoms with Crippen molar-refractivity contribution in [1.82, 2.24) is 15.5 Å². The number of hydrogen-bond donors (Lipinski definition) is 3. The van der Waals surface area contributed by atoms with Gasteiger partial charge in [0.1, 0.15) is 0 Å². The lowest BCUT2D eigenvalue weighted by Gasteiger charge is -2.42. The number of nitrogens with zero attached hydrogens (tertiary/aromatic N) is 1. The predicted molar refractivity (Wildman–Crippen MR) is 127 cm³/mol. The van der Waals surface area contributed by atoms with Gasteiger partial charge in [0.05, 0.1) is 5.60 Å². The van der Waals surface area contributed by atoms with E-state index in [0.29, 0.717) is 18.0 Å². The van der Waals surface area contributed by atoms with E-state index < -0.39 is 5.60 Å². The summed E-state index contributed by atoms with van der Waals surface area (Å²) in [5.74, 6) is 0.714. The molecule has 0 radical (unpaired) electrons. The van der Waals surface area contributed by atoms with Gasteiger partial charge in [0.2, 0.25) is 0 Å². The van der Waals surface area contributed by atoms with Crippen LogP contribution >= 0.6 is 11.6 Å². The Morgan fingerprint density at radius 2 is 2.03 bits per heavy atom. The molecule has 2 amide bonds. The second-order valence-electron chi connectivity index (χ2n) is 9.52. The Bertz CT molecular complexity index is 710. The van der Waals surface area contributed by atoms with Crippen LogP contribution in [0.5, 0.6) is 0 Å². The average molecular weight is 450 g/mol. The number of likely N-dealkylation sites (N-methyl/N-ethyl adjacent to an activating group) is 1. The number of aliphatic hydroxyl groups is 1. The van der Waals surface area contributed by atoms with Crippen LogP contribution in [0.2, 0.25) is 5.02 Å². The minimum atomic E-state index is -0.976. The number of hydrogen-bond acceptors (Lipinski definition) is 3. The molecule has 1 aliphatic carbocycles. The molecule has 174 valence electrons. The molecule has 3 N–H and O–H groups in total. The molecule has 6 heteroatoms. The maximum atomic E-state index is 13.2. The van der Waals surface area contributed by atoms with Crippen LogP contribution < -0.4 is 10.6 Å². The van der Waals surface area contributed by atoms with Gasteiger partial charge in [0.25, 0.3) is 0 Å². The minimum Gasteiger partial charge on any atom is -0.385 e. The molecular weight excluding hydrogens is 410 g/mol. The van der Waals surface area contributed by atoms with Crippen LogP contribution in [0.3, 0.4) is 0 Å². The van der Waals surface area contributed by atoms with Crippen molar-refractivity contribution in [3.8, 4) is 0 Å². The monoisotopic (exact) mass is 449 g/mol. The first-order valence-corrected chi connectivity index (χ1v) is 12.5. The molecule has 2 aliphatic rings. The molecule has 1 aliphatic heterocycles. The zero-order valence-corrected chi connectivity index (χ0v) is 20.0. The van der Waals surface area contributed by atoms with Gasteiger partial charge in [-0.15, -0.1) is 0 Å². The van der Waals surface area contributed by atoms with Crippen LogP contribution in [0, 0.1) is 11.8 Å². The molecule has 3 rings (SSSR count). The van der Waals surface area contributed by atoms with Crippen molar-refractivity contribution in [2.24, 2.45) is 11.8 Å². The number of benzene rings is 1. The summed E-state index contributed by atoms with van der Waals surface area (Å²) < 4.78 is 0. The standard InChI is InChI=1S/C25H40ClN3O2/c1-3-25(31,20-11-7-13-22(26)16-20)21-12-8-14-29(18-21)24(30)28-23(17-27-2)15-19-9-5-4-6-10-19/h7,11,13,16,19,21,23,27,31H,3-6,8-10,12,14-15,17-18H2,1-2H3,(H,28,30)/t21-,23+,25-/m1/s1. The maximum Gasteiger partial charge on any atom is 0.317 e. The molecule has 2 fully saturated rings. The Morgan fingerprint density at radius 3 is 2.71 bits per heavy atom. The highest BCUT2D eigenvalue weighted by atomic mass is 35.5. The van der Waals surface area contributed by atoms with Crippen molar-refractivity contribution in [3.63, 3.8) is 0 Å². The van der Waals surface area contributed by atoms with E-state index in [0.717, 1.165) is 43.8 Å². The van der Waals surface area contributed by atoms with E-state index in [1.165, 1.54) is 32.1 Å².